The van der Waals surface area contributed by atoms with E-state index in [1.807, 2.05) is 0 Å². The van der Waals surface area contributed by atoms with Crippen molar-refractivity contribution in [2.75, 3.05) is 13.6 Å². The second-order valence-corrected chi connectivity index (χ2v) is 6.03. The lowest BCUT2D eigenvalue weighted by Gasteiger charge is -2.45. The number of nitrogens with one attached hydrogen (secondary N) is 1. The molecule has 2 nitrogen and oxygen atoms in total. The van der Waals surface area contributed by atoms with Crippen LogP contribution in [0.4, 0.5) is 0 Å². The second-order valence-electron chi connectivity index (χ2n) is 6.03. The molecule has 1 N–H and O–H groups in total. The third-order valence-corrected chi connectivity index (χ3v) is 4.40. The first kappa shape index (κ1) is 14.0. The van der Waals surface area contributed by atoms with Gasteiger partial charge in [-0.05, 0) is 52.5 Å². The van der Waals surface area contributed by atoms with Crippen molar-refractivity contribution in [1.29, 1.82) is 0 Å². The quantitative estimate of drug-likeness (QED) is 0.793. The summed E-state index contributed by atoms with van der Waals surface area (Å²) in [6, 6.07) is 2.06. The van der Waals surface area contributed by atoms with Crippen molar-refractivity contribution < 1.29 is 0 Å². The van der Waals surface area contributed by atoms with E-state index in [-0.39, 0.29) is 0 Å². The molecule has 5 unspecified atom stereocenters. The van der Waals surface area contributed by atoms with Crippen LogP contribution in [0.25, 0.3) is 0 Å². The van der Waals surface area contributed by atoms with Crippen LogP contribution in [-0.2, 0) is 0 Å². The predicted octanol–water partition coefficient (Wildman–Crippen LogP) is 2.74. The van der Waals surface area contributed by atoms with E-state index in [0.29, 0.717) is 12.1 Å². The average Bonchev–Trinajstić information content (AvgIpc) is 2.22. The van der Waals surface area contributed by atoms with Gasteiger partial charge in [0.05, 0.1) is 0 Å². The van der Waals surface area contributed by atoms with E-state index in [1.54, 1.807) is 0 Å². The van der Waals surface area contributed by atoms with Gasteiger partial charge in [-0.1, -0.05) is 13.8 Å². The Bertz CT molecular complexity index is 205. The summed E-state index contributed by atoms with van der Waals surface area (Å²) in [7, 11) is 2.06. The lowest BCUT2D eigenvalue weighted by molar-refractivity contribution is 0.0407. The maximum atomic E-state index is 3.35. The van der Waals surface area contributed by atoms with E-state index in [1.165, 1.54) is 19.4 Å². The van der Waals surface area contributed by atoms with Crippen LogP contribution in [0.5, 0.6) is 0 Å². The molecule has 0 aromatic carbocycles. The van der Waals surface area contributed by atoms with Gasteiger partial charge in [-0.2, -0.15) is 0 Å². The smallest absolute Gasteiger partial charge is 0.00956 e. The summed E-state index contributed by atoms with van der Waals surface area (Å²) < 4.78 is 0. The van der Waals surface area contributed by atoms with Gasteiger partial charge in [-0.3, -0.25) is 4.90 Å². The Morgan fingerprint density at radius 3 is 2.44 bits per heavy atom. The highest BCUT2D eigenvalue weighted by Crippen LogP contribution is 2.29. The molecule has 0 amide bonds. The van der Waals surface area contributed by atoms with Gasteiger partial charge < -0.3 is 5.32 Å². The van der Waals surface area contributed by atoms with Crippen LogP contribution in [0.1, 0.15) is 47.5 Å². The topological polar surface area (TPSA) is 15.3 Å². The molecule has 0 saturated carbocycles. The van der Waals surface area contributed by atoms with Crippen LogP contribution >= 0.6 is 0 Å². The highest BCUT2D eigenvalue weighted by atomic mass is 15.2. The summed E-state index contributed by atoms with van der Waals surface area (Å²) in [5.74, 6) is 1.70. The minimum absolute atomic E-state index is 0.620. The van der Waals surface area contributed by atoms with Gasteiger partial charge in [-0.25, -0.2) is 0 Å². The van der Waals surface area contributed by atoms with Gasteiger partial charge in [0, 0.05) is 24.7 Å². The highest BCUT2D eigenvalue weighted by molar-refractivity contribution is 4.86. The third-order valence-electron chi connectivity index (χ3n) is 4.40. The highest BCUT2D eigenvalue weighted by Gasteiger charge is 2.31. The van der Waals surface area contributed by atoms with Crippen LogP contribution < -0.4 is 5.32 Å². The third kappa shape index (κ3) is 3.46. The molecule has 16 heavy (non-hydrogen) atoms. The number of nitrogens with zero attached hydrogens (tertiary/aromatic N) is 1. The molecular weight excluding hydrogens is 196 g/mol. The molecule has 1 saturated heterocycles. The van der Waals surface area contributed by atoms with Crippen molar-refractivity contribution >= 4 is 0 Å². The average molecular weight is 226 g/mol. The first-order chi connectivity index (χ1) is 7.45. The lowest BCUT2D eigenvalue weighted by Crippen LogP contribution is -2.51. The molecule has 0 aromatic heterocycles. The first-order valence-corrected chi connectivity index (χ1v) is 6.88. The summed E-state index contributed by atoms with van der Waals surface area (Å²) in [4.78, 5) is 2.71. The van der Waals surface area contributed by atoms with Gasteiger partial charge in [0.25, 0.3) is 0 Å². The molecule has 0 spiro atoms. The molecule has 2 heteroatoms. The number of rotatable bonds is 4. The maximum absolute atomic E-state index is 3.35. The van der Waals surface area contributed by atoms with Crippen molar-refractivity contribution in [3.63, 3.8) is 0 Å². The summed E-state index contributed by atoms with van der Waals surface area (Å²) in [6.07, 6.45) is 2.65. The zero-order chi connectivity index (χ0) is 12.3. The molecular formula is C14H30N2. The molecule has 0 bridgehead atoms. The Labute approximate surface area is 102 Å². The Morgan fingerprint density at radius 2 is 1.88 bits per heavy atom. The largest absolute Gasteiger partial charge is 0.317 e. The van der Waals surface area contributed by atoms with Crippen LogP contribution in [-0.4, -0.2) is 36.6 Å². The molecule has 1 fully saturated rings. The summed E-state index contributed by atoms with van der Waals surface area (Å²) >= 11 is 0. The number of likely N-dealkylation sites (tertiary alicyclic amines) is 1. The number of hydrogen-bond acceptors (Lipinski definition) is 2. The van der Waals surface area contributed by atoms with E-state index in [9.17, 15) is 0 Å². The molecule has 96 valence electrons. The molecule has 5 atom stereocenters. The van der Waals surface area contributed by atoms with Crippen LogP contribution in [0.2, 0.25) is 0 Å². The zero-order valence-corrected chi connectivity index (χ0v) is 12.0. The van der Waals surface area contributed by atoms with Crippen molar-refractivity contribution in [3.8, 4) is 0 Å². The number of hydrogen-bond donors (Lipinski definition) is 1. The van der Waals surface area contributed by atoms with E-state index >= 15 is 0 Å². The molecule has 1 rings (SSSR count). The van der Waals surface area contributed by atoms with Crippen LogP contribution in [0.3, 0.4) is 0 Å². The van der Waals surface area contributed by atoms with E-state index in [0.717, 1.165) is 17.9 Å². The summed E-state index contributed by atoms with van der Waals surface area (Å²) in [5, 5.41) is 3.35. The Kier molecular flexibility index (Phi) is 5.26. The van der Waals surface area contributed by atoms with E-state index in [4.69, 9.17) is 0 Å². The van der Waals surface area contributed by atoms with Gasteiger partial charge in [0.2, 0.25) is 0 Å². The standard InChI is InChI=1S/C14H30N2/c1-10-7-11(2)14(5)16(9-10)13(4)8-12(3)15-6/h10-15H,7-9H2,1-6H3. The SMILES string of the molecule is CNC(C)CC(C)N1CC(C)CC(C)C1C. The summed E-state index contributed by atoms with van der Waals surface area (Å²) in [6.45, 7) is 13.1. The molecule has 0 aromatic rings. The van der Waals surface area contributed by atoms with Crippen molar-refractivity contribution in [2.24, 2.45) is 11.8 Å². The molecule has 0 radical (unpaired) electrons. The Morgan fingerprint density at radius 1 is 1.25 bits per heavy atom. The van der Waals surface area contributed by atoms with Gasteiger partial charge in [-0.15, -0.1) is 0 Å². The van der Waals surface area contributed by atoms with Gasteiger partial charge in [0.15, 0.2) is 0 Å². The first-order valence-electron chi connectivity index (χ1n) is 6.88. The fourth-order valence-corrected chi connectivity index (χ4v) is 3.11. The fraction of sp³-hybridized carbons (Fsp3) is 1.00. The van der Waals surface area contributed by atoms with Crippen molar-refractivity contribution in [3.05, 3.63) is 0 Å². The minimum atomic E-state index is 0.620. The van der Waals surface area contributed by atoms with Crippen LogP contribution in [0.15, 0.2) is 0 Å². The molecule has 1 aliphatic heterocycles. The van der Waals surface area contributed by atoms with E-state index in [2.05, 4.69) is 51.9 Å². The van der Waals surface area contributed by atoms with E-state index < -0.39 is 0 Å². The van der Waals surface area contributed by atoms with Crippen molar-refractivity contribution in [2.45, 2.75) is 65.6 Å². The maximum Gasteiger partial charge on any atom is 0.00956 e. The van der Waals surface area contributed by atoms with Gasteiger partial charge in [0.1, 0.15) is 0 Å². The Balaban J connectivity index is 2.55. The summed E-state index contributed by atoms with van der Waals surface area (Å²) in [5.41, 5.74) is 0. The van der Waals surface area contributed by atoms with Gasteiger partial charge >= 0.3 is 0 Å². The fourth-order valence-electron chi connectivity index (χ4n) is 3.11. The minimum Gasteiger partial charge on any atom is -0.317 e. The second kappa shape index (κ2) is 6.02. The van der Waals surface area contributed by atoms with Crippen molar-refractivity contribution in [1.82, 2.24) is 10.2 Å². The molecule has 1 aliphatic rings. The molecule has 0 aliphatic carbocycles. The zero-order valence-electron chi connectivity index (χ0n) is 12.0. The molecule has 1 heterocycles. The normalized spacial score (nSPS) is 36.0. The van der Waals surface area contributed by atoms with Crippen LogP contribution in [0, 0.1) is 11.8 Å². The lowest BCUT2D eigenvalue weighted by atomic mass is 9.84. The Hall–Kier alpha value is -0.0800. The predicted molar refractivity (Wildman–Crippen MR) is 71.7 cm³/mol. The monoisotopic (exact) mass is 226 g/mol. The number of piperidine rings is 1.